The highest BCUT2D eigenvalue weighted by atomic mass is 16.6. The van der Waals surface area contributed by atoms with Crippen LogP contribution in [0.5, 0.6) is 0 Å². The predicted molar refractivity (Wildman–Crippen MR) is 104 cm³/mol. The predicted octanol–water partition coefficient (Wildman–Crippen LogP) is 1.55. The van der Waals surface area contributed by atoms with E-state index in [0.717, 1.165) is 16.8 Å². The third kappa shape index (κ3) is 3.47. The van der Waals surface area contributed by atoms with Crippen LogP contribution < -0.4 is 10.3 Å². The Balaban J connectivity index is 2.00. The number of nitrogens with two attached hydrogens (primary N) is 1. The van der Waals surface area contributed by atoms with E-state index in [1.165, 1.54) is 0 Å². The summed E-state index contributed by atoms with van der Waals surface area (Å²) in [5.74, 6) is 0.323. The molecule has 1 aromatic carbocycles. The van der Waals surface area contributed by atoms with Crippen LogP contribution in [0, 0.1) is 10.1 Å². The summed E-state index contributed by atoms with van der Waals surface area (Å²) in [4.78, 5) is 13.0. The first-order valence-electron chi connectivity index (χ1n) is 8.18. The molecule has 3 rings (SSSR count). The number of imidazole rings is 1. The molecule has 138 valence electrons. The Hall–Kier alpha value is -3.75. The van der Waals surface area contributed by atoms with Gasteiger partial charge in [-0.25, -0.2) is 4.57 Å². The molecule has 9 heteroatoms. The Kier molecular flexibility index (Phi) is 4.84. The van der Waals surface area contributed by atoms with Crippen molar-refractivity contribution in [2.45, 2.75) is 0 Å². The monoisotopic (exact) mass is 366 g/mol. The number of hydrogen-bond acceptors (Lipinski definition) is 4. The maximum absolute atomic E-state index is 11.7. The van der Waals surface area contributed by atoms with Gasteiger partial charge in [-0.3, -0.25) is 0 Å². The molecule has 0 aliphatic rings. The summed E-state index contributed by atoms with van der Waals surface area (Å²) < 4.78 is 3.38. The van der Waals surface area contributed by atoms with Gasteiger partial charge >= 0.3 is 5.82 Å². The number of nitro groups is 1. The number of aromatic nitrogens is 2. The molecule has 0 fully saturated rings. The van der Waals surface area contributed by atoms with Gasteiger partial charge in [-0.1, -0.05) is 18.2 Å². The van der Waals surface area contributed by atoms with Crippen LogP contribution in [0.25, 0.3) is 16.9 Å². The molecule has 9 nitrogen and oxygen atoms in total. The molecule has 0 aliphatic heterocycles. The van der Waals surface area contributed by atoms with Crippen LogP contribution in [0.3, 0.4) is 0 Å². The molecule has 0 bridgehead atoms. The Bertz CT molecular complexity index is 1050. The maximum atomic E-state index is 11.7. The van der Waals surface area contributed by atoms with Crippen LogP contribution in [0.2, 0.25) is 0 Å². The van der Waals surface area contributed by atoms with E-state index in [4.69, 9.17) is 5.73 Å². The minimum Gasteiger partial charge on any atom is -0.368 e. The van der Waals surface area contributed by atoms with Gasteiger partial charge in [0, 0.05) is 25.7 Å². The van der Waals surface area contributed by atoms with Crippen molar-refractivity contribution >= 4 is 23.6 Å². The van der Waals surface area contributed by atoms with Crippen molar-refractivity contribution in [1.29, 1.82) is 0 Å². The van der Waals surface area contributed by atoms with Crippen molar-refractivity contribution in [3.05, 3.63) is 64.3 Å². The van der Waals surface area contributed by atoms with Crippen LogP contribution in [-0.2, 0) is 7.05 Å². The lowest BCUT2D eigenvalue weighted by Gasteiger charge is -2.07. The highest BCUT2D eigenvalue weighted by molar-refractivity contribution is 5.83. The molecular weight excluding hydrogens is 346 g/mol. The summed E-state index contributed by atoms with van der Waals surface area (Å²) >= 11 is 0. The van der Waals surface area contributed by atoms with Crippen LogP contribution in [0.1, 0.15) is 5.56 Å². The topological polar surface area (TPSA) is 105 Å². The fraction of sp³-hybridized carbons (Fsp3) is 0.167. The second-order valence-corrected chi connectivity index (χ2v) is 6.14. The fourth-order valence-corrected chi connectivity index (χ4v) is 2.73. The van der Waals surface area contributed by atoms with Crippen LogP contribution >= 0.6 is 0 Å². The molecule has 0 atom stereocenters. The first kappa shape index (κ1) is 18.1. The third-order valence-electron chi connectivity index (χ3n) is 4.14. The van der Waals surface area contributed by atoms with Gasteiger partial charge in [0.05, 0.1) is 13.3 Å². The van der Waals surface area contributed by atoms with E-state index < -0.39 is 0 Å². The molecule has 0 aliphatic carbocycles. The number of benzene rings is 1. The van der Waals surface area contributed by atoms with Gasteiger partial charge in [0.1, 0.15) is 6.20 Å². The average molecular weight is 366 g/mol. The summed E-state index contributed by atoms with van der Waals surface area (Å²) in [6.45, 7) is 0. The number of hydrogen-bond donors (Lipinski definition) is 1. The van der Waals surface area contributed by atoms with E-state index in [-0.39, 0.29) is 10.7 Å². The molecular formula is C18H20N7O2+. The third-order valence-corrected chi connectivity index (χ3v) is 4.14. The Morgan fingerprint density at radius 2 is 1.96 bits per heavy atom. The van der Waals surface area contributed by atoms with Gasteiger partial charge in [-0.2, -0.15) is 9.50 Å². The molecule has 0 saturated heterocycles. The van der Waals surface area contributed by atoms with Crippen molar-refractivity contribution in [3.8, 4) is 11.3 Å². The molecule has 3 aromatic rings. The molecule has 0 saturated carbocycles. The zero-order valence-electron chi connectivity index (χ0n) is 15.3. The smallest absolute Gasteiger partial charge is 0.368 e. The van der Waals surface area contributed by atoms with Gasteiger partial charge in [0.15, 0.2) is 0 Å². The highest BCUT2D eigenvalue weighted by Crippen LogP contribution is 2.28. The molecule has 2 heterocycles. The molecule has 0 radical (unpaired) electrons. The van der Waals surface area contributed by atoms with E-state index >= 15 is 0 Å². The van der Waals surface area contributed by atoms with Crippen LogP contribution in [0.4, 0.5) is 5.82 Å². The lowest BCUT2D eigenvalue weighted by atomic mass is 10.1. The minimum absolute atomic E-state index is 0.0258. The zero-order valence-corrected chi connectivity index (χ0v) is 15.3. The molecule has 0 spiro atoms. The first-order chi connectivity index (χ1) is 12.9. The standard InChI is InChI=1S/C18H20N7O2/c1-22(2)18(19)21-20-12-13-7-9-14(10-8-13)16-17(25(26)27)24-11-5-4-6-15(24)23(16)3/h4-12H,1-3H3,(H2,19,21)/q+1/b20-12+. The zero-order chi connectivity index (χ0) is 19.6. The van der Waals surface area contributed by atoms with Crippen LogP contribution in [-0.4, -0.2) is 40.5 Å². The lowest BCUT2D eigenvalue weighted by molar-refractivity contribution is -0.634. The maximum Gasteiger partial charge on any atom is 0.378 e. The van der Waals surface area contributed by atoms with Crippen molar-refractivity contribution in [1.82, 2.24) is 9.30 Å². The van der Waals surface area contributed by atoms with Crippen LogP contribution in [0.15, 0.2) is 58.9 Å². The number of rotatable bonds is 4. The molecule has 2 N–H and O–H groups in total. The molecule has 0 amide bonds. The van der Waals surface area contributed by atoms with E-state index in [1.807, 2.05) is 48.0 Å². The summed E-state index contributed by atoms with van der Waals surface area (Å²) in [5.41, 5.74) is 8.48. The van der Waals surface area contributed by atoms with E-state index in [2.05, 4.69) is 10.2 Å². The summed E-state index contributed by atoms with van der Waals surface area (Å²) in [7, 11) is 5.36. The first-order valence-corrected chi connectivity index (χ1v) is 8.18. The Morgan fingerprint density at radius 1 is 1.26 bits per heavy atom. The average Bonchev–Trinajstić information content (AvgIpc) is 2.95. The van der Waals surface area contributed by atoms with Gasteiger partial charge in [0.2, 0.25) is 11.7 Å². The number of guanidine groups is 1. The number of pyridine rings is 1. The second kappa shape index (κ2) is 7.24. The number of aryl methyl sites for hydroxylation is 1. The van der Waals surface area contributed by atoms with Gasteiger partial charge in [-0.15, -0.1) is 5.10 Å². The molecule has 0 unspecified atom stereocenters. The highest BCUT2D eigenvalue weighted by Gasteiger charge is 2.29. The van der Waals surface area contributed by atoms with Crippen molar-refractivity contribution in [2.24, 2.45) is 23.0 Å². The normalized spacial score (nSPS) is 12.0. The van der Waals surface area contributed by atoms with Crippen molar-refractivity contribution < 1.29 is 9.49 Å². The summed E-state index contributed by atoms with van der Waals surface area (Å²) in [6, 6.07) is 12.7. The summed E-state index contributed by atoms with van der Waals surface area (Å²) in [6.07, 6.45) is 3.26. The number of nitrogens with zero attached hydrogens (tertiary/aromatic N) is 6. The van der Waals surface area contributed by atoms with Crippen molar-refractivity contribution in [3.63, 3.8) is 0 Å². The fourth-order valence-electron chi connectivity index (χ4n) is 2.73. The Morgan fingerprint density at radius 3 is 2.59 bits per heavy atom. The van der Waals surface area contributed by atoms with E-state index in [1.54, 1.807) is 41.9 Å². The number of fused-ring (bicyclic) bond motifs is 1. The van der Waals surface area contributed by atoms with Gasteiger partial charge in [0.25, 0.3) is 5.65 Å². The summed E-state index contributed by atoms with van der Waals surface area (Å²) in [5, 5.41) is 19.5. The Labute approximate surface area is 155 Å². The minimum atomic E-state index is -0.365. The second-order valence-electron chi connectivity index (χ2n) is 6.14. The molecule has 2 aromatic heterocycles. The van der Waals surface area contributed by atoms with Gasteiger partial charge in [-0.05, 0) is 28.7 Å². The quantitative estimate of drug-likeness (QED) is 0.249. The van der Waals surface area contributed by atoms with E-state index in [9.17, 15) is 10.1 Å². The van der Waals surface area contributed by atoms with Gasteiger partial charge < -0.3 is 20.7 Å². The molecule has 27 heavy (non-hydrogen) atoms. The van der Waals surface area contributed by atoms with E-state index in [0.29, 0.717) is 11.7 Å². The lowest BCUT2D eigenvalue weighted by Crippen LogP contribution is -2.29. The SMILES string of the molecule is CN(C)/C(N)=N/N=C/c1ccc(-c2c([N+](=O)[O-])n3ccccc3[n+]2C)cc1. The van der Waals surface area contributed by atoms with Crippen molar-refractivity contribution in [2.75, 3.05) is 14.1 Å². The largest absolute Gasteiger partial charge is 0.378 e.